The number of hydrogen-bond donors (Lipinski definition) is 2. The molecule has 0 fully saturated rings. The van der Waals surface area contributed by atoms with Crippen molar-refractivity contribution in [2.24, 2.45) is 0 Å². The molecule has 0 bridgehead atoms. The lowest BCUT2D eigenvalue weighted by atomic mass is 9.90. The molecule has 0 saturated carbocycles. The second-order valence-electron chi connectivity index (χ2n) is 6.86. The van der Waals surface area contributed by atoms with Crippen LogP contribution in [0.5, 0.6) is 0 Å². The summed E-state index contributed by atoms with van der Waals surface area (Å²) in [5.41, 5.74) is 4.44. The van der Waals surface area contributed by atoms with Crippen molar-refractivity contribution in [3.63, 3.8) is 0 Å². The fourth-order valence-corrected chi connectivity index (χ4v) is 4.17. The van der Waals surface area contributed by atoms with Crippen molar-refractivity contribution in [1.82, 2.24) is 24.9 Å². The molecule has 1 atom stereocenters. The molecule has 0 radical (unpaired) electrons. The number of thiazole rings is 1. The standard InChI is InChI=1S/C22H17N5OS/c1-22(28,18-7-2-3-8-23-18)15-6-4-5-14(11-15)17-13-29-21(27-17)16-12-26-20-19(16)24-9-10-25-20/h2-13,28H,1H3,(H,25,26)/t22-/m0/s1. The predicted octanol–water partition coefficient (Wildman–Crippen LogP) is 4.40. The average Bonchev–Trinajstić information content (AvgIpc) is 3.41. The van der Waals surface area contributed by atoms with E-state index in [-0.39, 0.29) is 0 Å². The minimum Gasteiger partial charge on any atom is -0.379 e. The summed E-state index contributed by atoms with van der Waals surface area (Å²) in [6, 6.07) is 13.3. The van der Waals surface area contributed by atoms with Gasteiger partial charge < -0.3 is 10.1 Å². The van der Waals surface area contributed by atoms with Crippen molar-refractivity contribution in [3.8, 4) is 21.8 Å². The van der Waals surface area contributed by atoms with Crippen LogP contribution in [0.15, 0.2) is 72.6 Å². The van der Waals surface area contributed by atoms with Crippen molar-refractivity contribution >= 4 is 22.5 Å². The molecule has 5 rings (SSSR count). The number of fused-ring (bicyclic) bond motifs is 1. The third kappa shape index (κ3) is 3.10. The summed E-state index contributed by atoms with van der Waals surface area (Å²) in [4.78, 5) is 21.0. The lowest BCUT2D eigenvalue weighted by molar-refractivity contribution is 0.0974. The van der Waals surface area contributed by atoms with Crippen molar-refractivity contribution in [2.45, 2.75) is 12.5 Å². The maximum absolute atomic E-state index is 11.1. The maximum Gasteiger partial charge on any atom is 0.156 e. The number of aromatic amines is 1. The molecule has 2 N–H and O–H groups in total. The largest absolute Gasteiger partial charge is 0.379 e. The second kappa shape index (κ2) is 6.88. The van der Waals surface area contributed by atoms with Gasteiger partial charge in [0.05, 0.1) is 17.0 Å². The highest BCUT2D eigenvalue weighted by molar-refractivity contribution is 7.13. The molecule has 0 unspecified atom stereocenters. The molecule has 0 spiro atoms. The fourth-order valence-electron chi connectivity index (χ4n) is 3.32. The molecule has 4 aromatic heterocycles. The first-order chi connectivity index (χ1) is 14.1. The SMILES string of the molecule is C[C@](O)(c1cccc(-c2csc(-c3c[nH]c4nccnc34)n2)c1)c1ccccn1. The molecule has 4 heterocycles. The van der Waals surface area contributed by atoms with E-state index in [2.05, 4.69) is 19.9 Å². The Balaban J connectivity index is 1.52. The number of rotatable bonds is 4. The average molecular weight is 399 g/mol. The van der Waals surface area contributed by atoms with Crippen molar-refractivity contribution in [1.29, 1.82) is 0 Å². The first-order valence-corrected chi connectivity index (χ1v) is 10.00. The molecule has 1 aromatic carbocycles. The third-order valence-corrected chi connectivity index (χ3v) is 5.80. The molecule has 7 heteroatoms. The van der Waals surface area contributed by atoms with Crippen molar-refractivity contribution < 1.29 is 5.11 Å². The fraction of sp³-hybridized carbons (Fsp3) is 0.0909. The summed E-state index contributed by atoms with van der Waals surface area (Å²) in [5, 5.41) is 14.0. The summed E-state index contributed by atoms with van der Waals surface area (Å²) in [6.45, 7) is 1.76. The number of aliphatic hydroxyl groups is 1. The van der Waals surface area contributed by atoms with Gasteiger partial charge in [0.2, 0.25) is 0 Å². The van der Waals surface area contributed by atoms with E-state index in [4.69, 9.17) is 4.98 Å². The van der Waals surface area contributed by atoms with Crippen LogP contribution < -0.4 is 0 Å². The summed E-state index contributed by atoms with van der Waals surface area (Å²) < 4.78 is 0. The summed E-state index contributed by atoms with van der Waals surface area (Å²) >= 11 is 1.55. The smallest absolute Gasteiger partial charge is 0.156 e. The molecule has 5 aromatic rings. The molecule has 0 aliphatic carbocycles. The van der Waals surface area contributed by atoms with Gasteiger partial charge in [0.15, 0.2) is 5.65 Å². The molecule has 29 heavy (non-hydrogen) atoms. The number of aromatic nitrogens is 5. The summed E-state index contributed by atoms with van der Waals surface area (Å²) in [5.74, 6) is 0. The van der Waals surface area contributed by atoms with Crippen molar-refractivity contribution in [3.05, 3.63) is 83.9 Å². The Morgan fingerprint density at radius 2 is 1.90 bits per heavy atom. The molecular formula is C22H17N5OS. The van der Waals surface area contributed by atoms with Crippen LogP contribution in [0.3, 0.4) is 0 Å². The Hall–Kier alpha value is -3.42. The number of H-pyrrole nitrogens is 1. The van der Waals surface area contributed by atoms with Gasteiger partial charge in [-0.25, -0.2) is 9.97 Å². The van der Waals surface area contributed by atoms with E-state index in [0.29, 0.717) is 5.69 Å². The zero-order chi connectivity index (χ0) is 19.8. The van der Waals surface area contributed by atoms with E-state index < -0.39 is 5.60 Å². The van der Waals surface area contributed by atoms with E-state index in [1.807, 2.05) is 54.0 Å². The molecule has 0 amide bonds. The van der Waals surface area contributed by atoms with Crippen LogP contribution in [-0.4, -0.2) is 30.0 Å². The number of benzene rings is 1. The summed E-state index contributed by atoms with van der Waals surface area (Å²) in [7, 11) is 0. The van der Waals surface area contributed by atoms with Crippen LogP contribution in [0.4, 0.5) is 0 Å². The molecule has 0 aliphatic heterocycles. The quantitative estimate of drug-likeness (QED) is 0.468. The molecule has 142 valence electrons. The first-order valence-electron chi connectivity index (χ1n) is 9.12. The number of pyridine rings is 1. The van der Waals surface area contributed by atoms with Crippen LogP contribution >= 0.6 is 11.3 Å². The van der Waals surface area contributed by atoms with Gasteiger partial charge in [0, 0.05) is 35.7 Å². The maximum atomic E-state index is 11.1. The van der Waals surface area contributed by atoms with E-state index in [9.17, 15) is 5.11 Å². The monoisotopic (exact) mass is 399 g/mol. The Morgan fingerprint density at radius 3 is 2.76 bits per heavy atom. The normalized spacial score (nSPS) is 13.4. The highest BCUT2D eigenvalue weighted by Crippen LogP contribution is 2.34. The van der Waals surface area contributed by atoms with E-state index in [1.165, 1.54) is 0 Å². The zero-order valence-electron chi connectivity index (χ0n) is 15.6. The van der Waals surface area contributed by atoms with Gasteiger partial charge in [0.25, 0.3) is 0 Å². The minimum atomic E-state index is -1.19. The van der Waals surface area contributed by atoms with Gasteiger partial charge in [-0.1, -0.05) is 24.3 Å². The Labute approximate surface area is 171 Å². The molecule has 0 aliphatic rings. The Kier molecular flexibility index (Phi) is 4.19. The van der Waals surface area contributed by atoms with Crippen LogP contribution in [0.2, 0.25) is 0 Å². The van der Waals surface area contributed by atoms with Crippen molar-refractivity contribution in [2.75, 3.05) is 0 Å². The Bertz CT molecular complexity index is 1290. The highest BCUT2D eigenvalue weighted by atomic mass is 32.1. The number of nitrogens with zero attached hydrogens (tertiary/aromatic N) is 4. The van der Waals surface area contributed by atoms with E-state index >= 15 is 0 Å². The van der Waals surface area contributed by atoms with Gasteiger partial charge in [-0.05, 0) is 30.7 Å². The van der Waals surface area contributed by atoms with Gasteiger partial charge >= 0.3 is 0 Å². The summed E-state index contributed by atoms with van der Waals surface area (Å²) in [6.07, 6.45) is 6.91. The number of hydrogen-bond acceptors (Lipinski definition) is 6. The second-order valence-corrected chi connectivity index (χ2v) is 7.72. The predicted molar refractivity (Wildman–Crippen MR) is 113 cm³/mol. The molecule has 0 saturated heterocycles. The number of nitrogens with one attached hydrogen (secondary N) is 1. The Morgan fingerprint density at radius 1 is 1.00 bits per heavy atom. The van der Waals surface area contributed by atoms with Gasteiger partial charge in [-0.3, -0.25) is 9.97 Å². The zero-order valence-corrected chi connectivity index (χ0v) is 16.4. The van der Waals surface area contributed by atoms with Gasteiger partial charge in [0.1, 0.15) is 16.1 Å². The van der Waals surface area contributed by atoms with Crippen LogP contribution in [0, 0.1) is 0 Å². The van der Waals surface area contributed by atoms with E-state index in [0.717, 1.165) is 38.6 Å². The van der Waals surface area contributed by atoms with E-state index in [1.54, 1.807) is 36.9 Å². The van der Waals surface area contributed by atoms with Gasteiger partial charge in [-0.2, -0.15) is 0 Å². The van der Waals surface area contributed by atoms with Crippen LogP contribution in [-0.2, 0) is 5.60 Å². The lowest BCUT2D eigenvalue weighted by Gasteiger charge is -2.23. The molecular weight excluding hydrogens is 382 g/mol. The lowest BCUT2D eigenvalue weighted by Crippen LogP contribution is -2.24. The van der Waals surface area contributed by atoms with Gasteiger partial charge in [-0.15, -0.1) is 11.3 Å². The minimum absolute atomic E-state index is 0.605. The first kappa shape index (κ1) is 17.7. The third-order valence-electron chi connectivity index (χ3n) is 4.93. The molecule has 6 nitrogen and oxygen atoms in total. The highest BCUT2D eigenvalue weighted by Gasteiger charge is 2.27. The van der Waals surface area contributed by atoms with Crippen LogP contribution in [0.25, 0.3) is 33.0 Å². The van der Waals surface area contributed by atoms with Crippen LogP contribution in [0.1, 0.15) is 18.2 Å². The topological polar surface area (TPSA) is 87.6 Å².